The van der Waals surface area contributed by atoms with Crippen LogP contribution < -0.4 is 22.9 Å². The molecule has 2 amide bonds. The molecule has 1 saturated heterocycles. The van der Waals surface area contributed by atoms with Crippen LogP contribution in [0.1, 0.15) is 32.1 Å². The molecule has 1 rings (SSSR count). The maximum Gasteiger partial charge on any atom is 0.240 e. The van der Waals surface area contributed by atoms with Crippen molar-refractivity contribution in [3.05, 3.63) is 0 Å². The molecule has 0 aliphatic carbocycles. The summed E-state index contributed by atoms with van der Waals surface area (Å²) < 4.78 is 0. The molecular weight excluding hydrogens is 288 g/mol. The maximum atomic E-state index is 12.3. The average molecular weight is 312 g/mol. The maximum absolute atomic E-state index is 12.3. The summed E-state index contributed by atoms with van der Waals surface area (Å²) >= 11 is 0. The van der Waals surface area contributed by atoms with Crippen LogP contribution in [-0.4, -0.2) is 53.6 Å². The molecule has 9 heteroatoms. The van der Waals surface area contributed by atoms with Crippen molar-refractivity contribution in [1.29, 1.82) is 0 Å². The summed E-state index contributed by atoms with van der Waals surface area (Å²) in [5.74, 6) is -1.31. The number of likely N-dealkylation sites (tertiary alicyclic amines) is 1. The van der Waals surface area contributed by atoms with E-state index in [4.69, 9.17) is 22.9 Å². The molecule has 0 spiro atoms. The summed E-state index contributed by atoms with van der Waals surface area (Å²) in [4.78, 5) is 40.4. The zero-order chi connectivity index (χ0) is 16.7. The molecule has 0 saturated carbocycles. The second-order valence-electron chi connectivity index (χ2n) is 5.35. The van der Waals surface area contributed by atoms with Gasteiger partial charge in [-0.05, 0) is 25.7 Å². The largest absolute Gasteiger partial charge is 0.370 e. The van der Waals surface area contributed by atoms with Crippen molar-refractivity contribution in [2.24, 2.45) is 27.9 Å². The number of nitrogens with two attached hydrogens (primary N) is 4. The first-order valence-corrected chi connectivity index (χ1v) is 7.25. The van der Waals surface area contributed by atoms with Crippen LogP contribution >= 0.6 is 0 Å². The molecule has 1 heterocycles. The standard InChI is InChI=1S/C13H24N6O3/c14-8(3-1-5-18-13(16)17)12(22)19-6-2-4-9(19)10(20)7-11(15)21/h8-9H,1-7,14H2,(H2,15,21)(H4,16,17,18)/t8-,9+/m0/s1. The summed E-state index contributed by atoms with van der Waals surface area (Å²) in [6, 6.07) is -1.31. The Morgan fingerprint density at radius 1 is 1.23 bits per heavy atom. The van der Waals surface area contributed by atoms with Gasteiger partial charge in [-0.3, -0.25) is 19.4 Å². The molecule has 0 unspecified atom stereocenters. The highest BCUT2D eigenvalue weighted by molar-refractivity contribution is 6.01. The lowest BCUT2D eigenvalue weighted by Gasteiger charge is -2.26. The van der Waals surface area contributed by atoms with Gasteiger partial charge in [-0.2, -0.15) is 0 Å². The summed E-state index contributed by atoms with van der Waals surface area (Å²) in [5, 5.41) is 0. The van der Waals surface area contributed by atoms with Gasteiger partial charge in [0.15, 0.2) is 11.7 Å². The predicted octanol–water partition coefficient (Wildman–Crippen LogP) is -2.20. The lowest BCUT2D eigenvalue weighted by Crippen LogP contribution is -2.49. The van der Waals surface area contributed by atoms with Gasteiger partial charge in [0, 0.05) is 13.1 Å². The molecule has 1 aliphatic heterocycles. The molecule has 9 nitrogen and oxygen atoms in total. The van der Waals surface area contributed by atoms with E-state index in [2.05, 4.69) is 4.99 Å². The van der Waals surface area contributed by atoms with E-state index in [1.165, 1.54) is 4.90 Å². The van der Waals surface area contributed by atoms with E-state index in [1.807, 2.05) is 0 Å². The molecule has 0 bridgehead atoms. The van der Waals surface area contributed by atoms with Crippen molar-refractivity contribution >= 4 is 23.6 Å². The van der Waals surface area contributed by atoms with Gasteiger partial charge in [-0.25, -0.2) is 0 Å². The first-order chi connectivity index (χ1) is 10.3. The summed E-state index contributed by atoms with van der Waals surface area (Å²) in [7, 11) is 0. The lowest BCUT2D eigenvalue weighted by molar-refractivity contribution is -0.140. The molecule has 0 aromatic rings. The second kappa shape index (κ2) is 8.32. The van der Waals surface area contributed by atoms with Gasteiger partial charge in [-0.1, -0.05) is 0 Å². The van der Waals surface area contributed by atoms with Gasteiger partial charge in [-0.15, -0.1) is 0 Å². The fraction of sp³-hybridized carbons (Fsp3) is 0.692. The Kier molecular flexibility index (Phi) is 6.77. The highest BCUT2D eigenvalue weighted by Gasteiger charge is 2.35. The minimum absolute atomic E-state index is 0.00319. The quantitative estimate of drug-likeness (QED) is 0.171. The molecule has 22 heavy (non-hydrogen) atoms. The molecule has 124 valence electrons. The van der Waals surface area contributed by atoms with Gasteiger partial charge in [0.1, 0.15) is 0 Å². The fourth-order valence-corrected chi connectivity index (χ4v) is 2.51. The zero-order valence-electron chi connectivity index (χ0n) is 12.5. The highest BCUT2D eigenvalue weighted by atomic mass is 16.2. The Morgan fingerprint density at radius 2 is 1.91 bits per heavy atom. The van der Waals surface area contributed by atoms with Crippen LogP contribution in [0.4, 0.5) is 0 Å². The van der Waals surface area contributed by atoms with Crippen molar-refractivity contribution in [3.63, 3.8) is 0 Å². The van der Waals surface area contributed by atoms with E-state index in [1.54, 1.807) is 0 Å². The summed E-state index contributed by atoms with van der Waals surface area (Å²) in [5.41, 5.74) is 21.3. The number of primary amides is 1. The van der Waals surface area contributed by atoms with Crippen LogP contribution in [0.2, 0.25) is 0 Å². The van der Waals surface area contributed by atoms with Crippen LogP contribution in [0.15, 0.2) is 4.99 Å². The minimum atomic E-state index is -0.712. The minimum Gasteiger partial charge on any atom is -0.370 e. The van der Waals surface area contributed by atoms with Gasteiger partial charge in [0.25, 0.3) is 0 Å². The lowest BCUT2D eigenvalue weighted by atomic mass is 10.1. The first kappa shape index (κ1) is 17.9. The van der Waals surface area contributed by atoms with E-state index in [9.17, 15) is 14.4 Å². The molecule has 0 aromatic heterocycles. The van der Waals surface area contributed by atoms with Crippen molar-refractivity contribution in [3.8, 4) is 0 Å². The predicted molar refractivity (Wildman–Crippen MR) is 81.4 cm³/mol. The number of guanidine groups is 1. The zero-order valence-corrected chi connectivity index (χ0v) is 12.5. The molecule has 1 aliphatic rings. The van der Waals surface area contributed by atoms with Gasteiger partial charge >= 0.3 is 0 Å². The number of carbonyl (C=O) groups is 3. The van der Waals surface area contributed by atoms with Gasteiger partial charge < -0.3 is 27.8 Å². The van der Waals surface area contributed by atoms with E-state index in [0.717, 1.165) is 0 Å². The van der Waals surface area contributed by atoms with E-state index in [0.29, 0.717) is 38.8 Å². The Morgan fingerprint density at radius 3 is 2.50 bits per heavy atom. The molecule has 8 N–H and O–H groups in total. The average Bonchev–Trinajstić information content (AvgIpc) is 2.90. The Bertz CT molecular complexity index is 461. The topological polar surface area (TPSA) is 171 Å². The number of ketones is 1. The summed E-state index contributed by atoms with van der Waals surface area (Å²) in [6.45, 7) is 0.864. The Balaban J connectivity index is 2.53. The monoisotopic (exact) mass is 312 g/mol. The molecule has 0 radical (unpaired) electrons. The fourth-order valence-electron chi connectivity index (χ4n) is 2.51. The normalized spacial score (nSPS) is 18.8. The number of hydrogen-bond donors (Lipinski definition) is 4. The summed E-state index contributed by atoms with van der Waals surface area (Å²) in [6.07, 6.45) is 1.88. The Labute approximate surface area is 129 Å². The SMILES string of the molecule is NC(=O)CC(=O)[C@H]1CCCN1C(=O)[C@@H](N)CCCN=C(N)N. The van der Waals surface area contributed by atoms with Crippen molar-refractivity contribution in [2.75, 3.05) is 13.1 Å². The van der Waals surface area contributed by atoms with E-state index < -0.39 is 18.0 Å². The first-order valence-electron chi connectivity index (χ1n) is 7.25. The number of nitrogens with zero attached hydrogens (tertiary/aromatic N) is 2. The molecule has 1 fully saturated rings. The van der Waals surface area contributed by atoms with Crippen molar-refractivity contribution in [2.45, 2.75) is 44.2 Å². The van der Waals surface area contributed by atoms with Crippen LogP contribution in [0, 0.1) is 0 Å². The van der Waals surface area contributed by atoms with E-state index >= 15 is 0 Å². The third-order valence-electron chi connectivity index (χ3n) is 3.54. The third kappa shape index (κ3) is 5.32. The highest BCUT2D eigenvalue weighted by Crippen LogP contribution is 2.20. The van der Waals surface area contributed by atoms with Crippen molar-refractivity contribution in [1.82, 2.24) is 4.90 Å². The number of aliphatic imine (C=N–C) groups is 1. The van der Waals surface area contributed by atoms with Gasteiger partial charge in [0.2, 0.25) is 11.8 Å². The number of hydrogen-bond acceptors (Lipinski definition) is 5. The molecule has 2 atom stereocenters. The molecule has 0 aromatic carbocycles. The number of amides is 2. The third-order valence-corrected chi connectivity index (χ3v) is 3.54. The number of carbonyl (C=O) groups excluding carboxylic acids is 3. The van der Waals surface area contributed by atoms with E-state index in [-0.39, 0.29) is 24.1 Å². The Hall–Kier alpha value is -2.16. The van der Waals surface area contributed by atoms with Crippen LogP contribution in [0.25, 0.3) is 0 Å². The van der Waals surface area contributed by atoms with Crippen LogP contribution in [0.3, 0.4) is 0 Å². The number of Topliss-reactive ketones (excluding diaryl/α,β-unsaturated/α-hetero) is 1. The number of rotatable bonds is 8. The second-order valence-corrected chi connectivity index (χ2v) is 5.35. The van der Waals surface area contributed by atoms with Crippen LogP contribution in [-0.2, 0) is 14.4 Å². The van der Waals surface area contributed by atoms with Gasteiger partial charge in [0.05, 0.1) is 18.5 Å². The smallest absolute Gasteiger partial charge is 0.240 e. The van der Waals surface area contributed by atoms with Crippen LogP contribution in [0.5, 0.6) is 0 Å². The van der Waals surface area contributed by atoms with Crippen molar-refractivity contribution < 1.29 is 14.4 Å². The molecular formula is C13H24N6O3.